The minimum Gasteiger partial charge on any atom is -0.406 e. The molecule has 1 aliphatic rings. The quantitative estimate of drug-likeness (QED) is 0.662. The van der Waals surface area contributed by atoms with E-state index in [1.54, 1.807) is 0 Å². The highest BCUT2D eigenvalue weighted by Gasteiger charge is 2.43. The largest absolute Gasteiger partial charge is 0.573 e. The summed E-state index contributed by atoms with van der Waals surface area (Å²) in [5.41, 5.74) is 1.07. The standard InChI is InChI=1S/C19H16F6N2O4S/c20-18(21,22)17(28)27-7-6-13-4-5-16(9-14(13)11-27)32(29,30)26-10-12-2-1-3-15(8-12)31-19(23,24)25/h1-5,8-9,26H,6-7,10-11H2. The summed E-state index contributed by atoms with van der Waals surface area (Å²) in [5, 5.41) is 0. The van der Waals surface area contributed by atoms with Gasteiger partial charge in [0.1, 0.15) is 5.75 Å². The molecule has 0 bridgehead atoms. The van der Waals surface area contributed by atoms with Crippen LogP contribution in [0.2, 0.25) is 0 Å². The van der Waals surface area contributed by atoms with E-state index in [2.05, 4.69) is 9.46 Å². The summed E-state index contributed by atoms with van der Waals surface area (Å²) in [6.07, 6.45) is -9.80. The van der Waals surface area contributed by atoms with E-state index in [0.29, 0.717) is 10.5 Å². The Hall–Kier alpha value is -2.80. The van der Waals surface area contributed by atoms with E-state index in [1.807, 2.05) is 0 Å². The zero-order chi connectivity index (χ0) is 23.7. The minimum atomic E-state index is -5.03. The van der Waals surface area contributed by atoms with Crippen LogP contribution in [0.15, 0.2) is 47.4 Å². The highest BCUT2D eigenvalue weighted by atomic mass is 32.2. The first-order valence-corrected chi connectivity index (χ1v) is 10.6. The van der Waals surface area contributed by atoms with Crippen molar-refractivity contribution in [3.05, 3.63) is 59.2 Å². The summed E-state index contributed by atoms with van der Waals surface area (Å²) >= 11 is 0. The van der Waals surface area contributed by atoms with E-state index in [-0.39, 0.29) is 35.5 Å². The summed E-state index contributed by atoms with van der Waals surface area (Å²) < 4.78 is 106. The van der Waals surface area contributed by atoms with Gasteiger partial charge in [-0.3, -0.25) is 4.79 Å². The van der Waals surface area contributed by atoms with Crippen molar-refractivity contribution in [2.45, 2.75) is 36.9 Å². The molecule has 6 nitrogen and oxygen atoms in total. The third-order valence-electron chi connectivity index (χ3n) is 4.63. The van der Waals surface area contributed by atoms with Crippen molar-refractivity contribution in [1.82, 2.24) is 9.62 Å². The molecule has 174 valence electrons. The van der Waals surface area contributed by atoms with Crippen LogP contribution >= 0.6 is 0 Å². The molecule has 0 atom stereocenters. The molecule has 0 fully saturated rings. The van der Waals surface area contributed by atoms with Crippen LogP contribution in [0, 0.1) is 0 Å². The smallest absolute Gasteiger partial charge is 0.406 e. The van der Waals surface area contributed by atoms with E-state index in [4.69, 9.17) is 0 Å². The molecule has 3 rings (SSSR count). The van der Waals surface area contributed by atoms with Crippen LogP contribution < -0.4 is 9.46 Å². The number of ether oxygens (including phenoxy) is 1. The first-order valence-electron chi connectivity index (χ1n) is 9.07. The Kier molecular flexibility index (Phi) is 6.43. The first kappa shape index (κ1) is 23.9. The molecular weight excluding hydrogens is 466 g/mol. The molecule has 1 heterocycles. The molecule has 1 aliphatic heterocycles. The van der Waals surface area contributed by atoms with Crippen LogP contribution in [0.3, 0.4) is 0 Å². The van der Waals surface area contributed by atoms with Gasteiger partial charge in [-0.15, -0.1) is 13.2 Å². The summed E-state index contributed by atoms with van der Waals surface area (Å²) in [7, 11) is -4.14. The molecule has 0 saturated heterocycles. The van der Waals surface area contributed by atoms with Gasteiger partial charge in [-0.2, -0.15) is 13.2 Å². The second-order valence-electron chi connectivity index (χ2n) is 6.92. The van der Waals surface area contributed by atoms with Gasteiger partial charge in [0.2, 0.25) is 10.0 Å². The number of amides is 1. The number of carbonyl (C=O) groups excluding carboxylic acids is 1. The van der Waals surface area contributed by atoms with Crippen molar-refractivity contribution in [1.29, 1.82) is 0 Å². The van der Waals surface area contributed by atoms with Gasteiger partial charge < -0.3 is 9.64 Å². The van der Waals surface area contributed by atoms with E-state index in [1.165, 1.54) is 30.3 Å². The van der Waals surface area contributed by atoms with Gasteiger partial charge >= 0.3 is 18.4 Å². The molecule has 0 saturated carbocycles. The summed E-state index contributed by atoms with van der Waals surface area (Å²) in [4.78, 5) is 11.8. The number of benzene rings is 2. The molecule has 1 N–H and O–H groups in total. The van der Waals surface area contributed by atoms with Gasteiger partial charge in [0.15, 0.2) is 0 Å². The van der Waals surface area contributed by atoms with Gasteiger partial charge in [0.25, 0.3) is 0 Å². The third-order valence-corrected chi connectivity index (χ3v) is 6.03. The summed E-state index contributed by atoms with van der Waals surface area (Å²) in [6, 6.07) is 8.63. The lowest BCUT2D eigenvalue weighted by atomic mass is 10.00. The monoisotopic (exact) mass is 482 g/mol. The van der Waals surface area contributed by atoms with Crippen molar-refractivity contribution in [3.8, 4) is 5.75 Å². The van der Waals surface area contributed by atoms with Gasteiger partial charge in [0, 0.05) is 19.6 Å². The van der Waals surface area contributed by atoms with Crippen molar-refractivity contribution < 1.29 is 44.3 Å². The van der Waals surface area contributed by atoms with Crippen molar-refractivity contribution in [2.24, 2.45) is 0 Å². The fraction of sp³-hybridized carbons (Fsp3) is 0.316. The van der Waals surface area contributed by atoms with E-state index in [9.17, 15) is 39.6 Å². The van der Waals surface area contributed by atoms with Crippen molar-refractivity contribution in [3.63, 3.8) is 0 Å². The van der Waals surface area contributed by atoms with Gasteiger partial charge in [-0.05, 0) is 47.4 Å². The van der Waals surface area contributed by atoms with Gasteiger partial charge in [-0.1, -0.05) is 18.2 Å². The number of halogens is 6. The number of hydrogen-bond acceptors (Lipinski definition) is 4. The second-order valence-corrected chi connectivity index (χ2v) is 8.69. The molecule has 1 amide bonds. The van der Waals surface area contributed by atoms with Crippen LogP contribution in [-0.2, 0) is 34.3 Å². The number of fused-ring (bicyclic) bond motifs is 1. The maximum absolute atomic E-state index is 12.7. The molecule has 2 aromatic carbocycles. The Morgan fingerprint density at radius 2 is 1.75 bits per heavy atom. The van der Waals surface area contributed by atoms with Crippen molar-refractivity contribution in [2.75, 3.05) is 6.54 Å². The molecule has 32 heavy (non-hydrogen) atoms. The first-order chi connectivity index (χ1) is 14.7. The number of hydrogen-bond donors (Lipinski definition) is 1. The van der Waals surface area contributed by atoms with Crippen LogP contribution in [-0.4, -0.2) is 38.3 Å². The molecular formula is C19H16F6N2O4S. The zero-order valence-corrected chi connectivity index (χ0v) is 16.9. The molecule has 13 heteroatoms. The molecule has 0 radical (unpaired) electrons. The Bertz CT molecular complexity index is 1120. The minimum absolute atomic E-state index is 0.136. The number of rotatable bonds is 5. The van der Waals surface area contributed by atoms with Gasteiger partial charge in [-0.25, -0.2) is 13.1 Å². The van der Waals surface area contributed by atoms with E-state index in [0.717, 1.165) is 12.1 Å². The van der Waals surface area contributed by atoms with Crippen LogP contribution in [0.1, 0.15) is 16.7 Å². The Morgan fingerprint density at radius 1 is 1.03 bits per heavy atom. The Balaban J connectivity index is 1.73. The highest BCUT2D eigenvalue weighted by Crippen LogP contribution is 2.27. The predicted octanol–water partition coefficient (Wildman–Crippen LogP) is 3.51. The lowest BCUT2D eigenvalue weighted by Crippen LogP contribution is -2.43. The number of nitrogens with zero attached hydrogens (tertiary/aromatic N) is 1. The number of nitrogens with one attached hydrogen (secondary N) is 1. The normalized spacial score (nSPS) is 14.8. The van der Waals surface area contributed by atoms with E-state index < -0.39 is 40.8 Å². The zero-order valence-electron chi connectivity index (χ0n) is 16.1. The summed E-state index contributed by atoms with van der Waals surface area (Å²) in [5.74, 6) is -2.52. The van der Waals surface area contributed by atoms with Crippen molar-refractivity contribution >= 4 is 15.9 Å². The maximum Gasteiger partial charge on any atom is 0.573 e. The fourth-order valence-corrected chi connectivity index (χ4v) is 4.24. The average molecular weight is 482 g/mol. The number of sulfonamides is 1. The number of carbonyl (C=O) groups is 1. The number of alkyl halides is 6. The highest BCUT2D eigenvalue weighted by molar-refractivity contribution is 7.89. The maximum atomic E-state index is 12.7. The predicted molar refractivity (Wildman–Crippen MR) is 98.8 cm³/mol. The lowest BCUT2D eigenvalue weighted by molar-refractivity contribution is -0.274. The molecule has 0 aliphatic carbocycles. The topological polar surface area (TPSA) is 75.7 Å². The molecule has 2 aromatic rings. The average Bonchev–Trinajstić information content (AvgIpc) is 2.69. The lowest BCUT2D eigenvalue weighted by Gasteiger charge is -2.29. The molecule has 0 aromatic heterocycles. The Morgan fingerprint density at radius 3 is 2.41 bits per heavy atom. The third kappa shape index (κ3) is 5.91. The van der Waals surface area contributed by atoms with Crippen LogP contribution in [0.5, 0.6) is 5.75 Å². The fourth-order valence-electron chi connectivity index (χ4n) is 3.17. The summed E-state index contributed by atoms with van der Waals surface area (Å²) in [6.45, 7) is -0.896. The molecule has 0 unspecified atom stereocenters. The van der Waals surface area contributed by atoms with Crippen LogP contribution in [0.25, 0.3) is 0 Å². The van der Waals surface area contributed by atoms with Crippen LogP contribution in [0.4, 0.5) is 26.3 Å². The SMILES string of the molecule is O=C(N1CCc2ccc(S(=O)(=O)NCc3cccc(OC(F)(F)F)c3)cc2C1)C(F)(F)F. The van der Waals surface area contributed by atoms with E-state index >= 15 is 0 Å². The molecule has 0 spiro atoms. The Labute approximate surface area is 178 Å². The van der Waals surface area contributed by atoms with Gasteiger partial charge in [0.05, 0.1) is 4.90 Å². The second kappa shape index (κ2) is 8.62.